The molecule has 112 valence electrons. The molecule has 21 heavy (non-hydrogen) atoms. The molecular weight excluding hydrogens is 414 g/mol. The van der Waals surface area contributed by atoms with Crippen molar-refractivity contribution in [3.63, 3.8) is 0 Å². The van der Waals surface area contributed by atoms with Gasteiger partial charge in [-0.15, -0.1) is 0 Å². The summed E-state index contributed by atoms with van der Waals surface area (Å²) in [5, 5.41) is 0.647. The first-order chi connectivity index (χ1) is 9.75. The van der Waals surface area contributed by atoms with Crippen LogP contribution in [0.3, 0.4) is 0 Å². The standard InChI is InChI=1S/C13H7Cl5OS2/c1-5-2-3-7(21(19)20)6(4-5)8-9(14)11(16)13(18)12(17)10(8)15/h2-4H,1H3,(H,19,20). The first-order valence-corrected chi connectivity index (χ1v) is 9.48. The fourth-order valence-corrected chi connectivity index (χ4v) is 4.14. The van der Waals surface area contributed by atoms with Gasteiger partial charge in [0, 0.05) is 25.8 Å². The third-order valence-corrected chi connectivity index (χ3v) is 6.35. The molecule has 0 heterocycles. The van der Waals surface area contributed by atoms with E-state index in [-0.39, 0.29) is 25.1 Å². The summed E-state index contributed by atoms with van der Waals surface area (Å²) in [5.41, 5.74) is 1.95. The van der Waals surface area contributed by atoms with Crippen LogP contribution in [0, 0.1) is 6.92 Å². The molecule has 0 aliphatic heterocycles. The van der Waals surface area contributed by atoms with Crippen molar-refractivity contribution in [2.75, 3.05) is 0 Å². The predicted molar refractivity (Wildman–Crippen MR) is 97.3 cm³/mol. The van der Waals surface area contributed by atoms with Gasteiger partial charge in [0.05, 0.1) is 25.1 Å². The molecule has 1 atom stereocenters. The van der Waals surface area contributed by atoms with Crippen LogP contribution in [0.25, 0.3) is 11.1 Å². The molecule has 0 radical (unpaired) electrons. The highest BCUT2D eigenvalue weighted by Crippen LogP contribution is 2.49. The third kappa shape index (κ3) is 3.36. The molecular formula is C13H7Cl5OS2. The Kier molecular flexibility index (Phi) is 5.83. The molecule has 2 aromatic carbocycles. The summed E-state index contributed by atoms with van der Waals surface area (Å²) in [5.74, 6) is 0. The number of rotatable bonds is 2. The van der Waals surface area contributed by atoms with Crippen LogP contribution in [0.1, 0.15) is 5.56 Å². The minimum atomic E-state index is -1.39. The molecule has 2 aromatic rings. The van der Waals surface area contributed by atoms with Crippen LogP contribution in [-0.4, -0.2) is 4.55 Å². The molecule has 0 amide bonds. The lowest BCUT2D eigenvalue weighted by molar-refractivity contribution is 0.656. The summed E-state index contributed by atoms with van der Waals surface area (Å²) in [7, 11) is -1.39. The van der Waals surface area contributed by atoms with Crippen LogP contribution in [0.5, 0.6) is 0 Å². The van der Waals surface area contributed by atoms with Gasteiger partial charge in [-0.05, 0) is 24.2 Å². The highest BCUT2D eigenvalue weighted by Gasteiger charge is 2.22. The Morgan fingerprint density at radius 1 is 0.905 bits per heavy atom. The second kappa shape index (κ2) is 6.90. The van der Waals surface area contributed by atoms with Crippen molar-refractivity contribution < 1.29 is 4.55 Å². The van der Waals surface area contributed by atoms with Gasteiger partial charge >= 0.3 is 0 Å². The number of benzene rings is 2. The summed E-state index contributed by atoms with van der Waals surface area (Å²) in [6, 6.07) is 5.37. The van der Waals surface area contributed by atoms with Gasteiger partial charge in [0.2, 0.25) is 0 Å². The van der Waals surface area contributed by atoms with Gasteiger partial charge in [-0.2, -0.15) is 0 Å². The van der Waals surface area contributed by atoms with Crippen molar-refractivity contribution in [1.82, 2.24) is 0 Å². The molecule has 0 spiro atoms. The normalized spacial score (nSPS) is 12.5. The van der Waals surface area contributed by atoms with E-state index in [0.29, 0.717) is 16.0 Å². The predicted octanol–water partition coefficient (Wildman–Crippen LogP) is 6.84. The minimum absolute atomic E-state index is 0.0904. The van der Waals surface area contributed by atoms with Gasteiger partial charge in [-0.1, -0.05) is 75.7 Å². The van der Waals surface area contributed by atoms with E-state index in [1.165, 1.54) is 0 Å². The van der Waals surface area contributed by atoms with Gasteiger partial charge < -0.3 is 4.55 Å². The molecule has 1 nitrogen and oxygen atoms in total. The summed E-state index contributed by atoms with van der Waals surface area (Å²) in [6.45, 7) is 1.90. The first kappa shape index (κ1) is 17.8. The van der Waals surface area contributed by atoms with Gasteiger partial charge in [-0.25, -0.2) is 0 Å². The zero-order chi connectivity index (χ0) is 15.9. The Morgan fingerprint density at radius 3 is 1.86 bits per heavy atom. The molecule has 0 bridgehead atoms. The topological polar surface area (TPSA) is 20.2 Å². The highest BCUT2D eigenvalue weighted by molar-refractivity contribution is 8.25. The third-order valence-electron chi connectivity index (χ3n) is 2.80. The van der Waals surface area contributed by atoms with Gasteiger partial charge in [0.15, 0.2) is 0 Å². The SMILES string of the molecule is Cc1ccc(S(O)=S)c(-c2c(Cl)c(Cl)c(Cl)c(Cl)c2Cl)c1. The van der Waals surface area contributed by atoms with E-state index >= 15 is 0 Å². The second-order valence-electron chi connectivity index (χ2n) is 4.19. The maximum absolute atomic E-state index is 9.80. The summed E-state index contributed by atoms with van der Waals surface area (Å²) >= 11 is 35.7. The Balaban J connectivity index is 2.92. The largest absolute Gasteiger partial charge is 0.323 e. The van der Waals surface area contributed by atoms with Crippen molar-refractivity contribution in [2.45, 2.75) is 11.8 Å². The number of aryl methyl sites for hydroxylation is 1. The average molecular weight is 421 g/mol. The van der Waals surface area contributed by atoms with E-state index < -0.39 is 9.74 Å². The van der Waals surface area contributed by atoms with Crippen molar-refractivity contribution in [2.24, 2.45) is 0 Å². The number of hydrogen-bond acceptors (Lipinski definition) is 1. The molecule has 0 aromatic heterocycles. The van der Waals surface area contributed by atoms with Crippen LogP contribution in [0.2, 0.25) is 25.1 Å². The molecule has 1 unspecified atom stereocenters. The monoisotopic (exact) mass is 418 g/mol. The Bertz CT molecular complexity index is 732. The molecule has 0 fully saturated rings. The first-order valence-electron chi connectivity index (χ1n) is 5.49. The van der Waals surface area contributed by atoms with E-state index in [4.69, 9.17) is 69.2 Å². The van der Waals surface area contributed by atoms with Crippen LogP contribution in [-0.2, 0) is 20.9 Å². The minimum Gasteiger partial charge on any atom is -0.323 e. The molecule has 0 aliphatic carbocycles. The van der Waals surface area contributed by atoms with Gasteiger partial charge in [-0.3, -0.25) is 0 Å². The molecule has 0 saturated carbocycles. The van der Waals surface area contributed by atoms with E-state index in [1.807, 2.05) is 19.1 Å². The van der Waals surface area contributed by atoms with Crippen LogP contribution in [0.4, 0.5) is 0 Å². The molecule has 8 heteroatoms. The summed E-state index contributed by atoms with van der Waals surface area (Å²) < 4.78 is 9.80. The lowest BCUT2D eigenvalue weighted by Gasteiger charge is -2.16. The fraction of sp³-hybridized carbons (Fsp3) is 0.0769. The van der Waals surface area contributed by atoms with Crippen molar-refractivity contribution in [3.05, 3.63) is 48.9 Å². The van der Waals surface area contributed by atoms with Crippen molar-refractivity contribution in [1.29, 1.82) is 0 Å². The Labute approximate surface area is 154 Å². The zero-order valence-corrected chi connectivity index (χ0v) is 15.8. The maximum Gasteiger partial charge on any atom is 0.0809 e. The highest BCUT2D eigenvalue weighted by atomic mass is 35.5. The summed E-state index contributed by atoms with van der Waals surface area (Å²) in [4.78, 5) is 0.522. The van der Waals surface area contributed by atoms with Crippen LogP contribution in [0.15, 0.2) is 23.1 Å². The maximum atomic E-state index is 9.80. The van der Waals surface area contributed by atoms with Crippen LogP contribution >= 0.6 is 58.0 Å². The van der Waals surface area contributed by atoms with Gasteiger partial charge in [0.1, 0.15) is 0 Å². The lowest BCUT2D eigenvalue weighted by atomic mass is 10.0. The van der Waals surface area contributed by atoms with E-state index in [2.05, 4.69) is 0 Å². The van der Waals surface area contributed by atoms with E-state index in [9.17, 15) is 4.55 Å². The van der Waals surface area contributed by atoms with Crippen molar-refractivity contribution >= 4 is 78.9 Å². The van der Waals surface area contributed by atoms with Crippen molar-refractivity contribution in [3.8, 4) is 11.1 Å². The quantitative estimate of drug-likeness (QED) is 0.424. The smallest absolute Gasteiger partial charge is 0.0809 e. The number of halogens is 5. The average Bonchev–Trinajstić information content (AvgIpc) is 2.43. The number of hydrogen-bond donors (Lipinski definition) is 1. The second-order valence-corrected chi connectivity index (χ2v) is 7.97. The Morgan fingerprint density at radius 2 is 1.38 bits per heavy atom. The zero-order valence-electron chi connectivity index (χ0n) is 10.4. The van der Waals surface area contributed by atoms with E-state index in [0.717, 1.165) is 5.56 Å². The van der Waals surface area contributed by atoms with Gasteiger partial charge in [0.25, 0.3) is 0 Å². The fourth-order valence-electron chi connectivity index (χ4n) is 1.83. The lowest BCUT2D eigenvalue weighted by Crippen LogP contribution is -1.95. The van der Waals surface area contributed by atoms with Crippen LogP contribution < -0.4 is 0 Å². The Hall–Kier alpha value is 0.420. The molecule has 2 rings (SSSR count). The van der Waals surface area contributed by atoms with E-state index in [1.54, 1.807) is 6.07 Å². The molecule has 0 aliphatic rings. The molecule has 0 saturated heterocycles. The molecule has 1 N–H and O–H groups in total. The summed E-state index contributed by atoms with van der Waals surface area (Å²) in [6.07, 6.45) is 0.